The molecule has 0 unspecified atom stereocenters. The molecule has 4 aromatic rings. The predicted molar refractivity (Wildman–Crippen MR) is 196 cm³/mol. The number of aryl methyl sites for hydroxylation is 1. The van der Waals surface area contributed by atoms with Gasteiger partial charge in [-0.3, -0.25) is 4.79 Å². The number of aromatic hydroxyl groups is 1. The van der Waals surface area contributed by atoms with Crippen LogP contribution >= 0.6 is 0 Å². The molecular weight excluding hydrogens is 674 g/mol. The van der Waals surface area contributed by atoms with Crippen LogP contribution in [0, 0.1) is 0 Å². The molecule has 284 valence electrons. The van der Waals surface area contributed by atoms with Gasteiger partial charge in [0.05, 0.1) is 90.4 Å². The molecule has 3 heterocycles. The topological polar surface area (TPSA) is 204 Å². The Morgan fingerprint density at radius 3 is 2.12 bits per heavy atom. The molecule has 1 aromatic carbocycles. The van der Waals surface area contributed by atoms with Crippen LogP contribution in [0.5, 0.6) is 5.75 Å². The van der Waals surface area contributed by atoms with Crippen molar-refractivity contribution >= 4 is 33.5 Å². The maximum absolute atomic E-state index is 12.4. The molecule has 0 amide bonds. The Morgan fingerprint density at radius 1 is 0.846 bits per heavy atom. The van der Waals surface area contributed by atoms with Crippen LogP contribution in [-0.2, 0) is 39.8 Å². The number of nitrogens with one attached hydrogen (secondary N) is 1. The predicted octanol–water partition coefficient (Wildman–Crippen LogP) is 4.68. The molecule has 4 rings (SSSR count). The van der Waals surface area contributed by atoms with Crippen molar-refractivity contribution in [1.29, 1.82) is 0 Å². The Balaban J connectivity index is 1.01. The van der Waals surface area contributed by atoms with Crippen molar-refractivity contribution in [2.45, 2.75) is 38.6 Å². The van der Waals surface area contributed by atoms with E-state index in [9.17, 15) is 9.90 Å². The number of rotatable bonds is 29. The van der Waals surface area contributed by atoms with Gasteiger partial charge in [-0.2, -0.15) is 5.10 Å². The lowest BCUT2D eigenvalue weighted by Crippen LogP contribution is -2.14. The lowest BCUT2D eigenvalue weighted by Gasteiger charge is -2.12. The normalized spacial score (nSPS) is 11.4. The van der Waals surface area contributed by atoms with Crippen molar-refractivity contribution in [2.75, 3.05) is 105 Å². The SMILES string of the molecule is CN(C)c1ncnc2c1c(-c1cc3cc(O)ccc3[nH]1)nn2CCCCCC(=O)CCOCCOCCOCCOCCOCCOCCN=[N+]=[N-]. The van der Waals surface area contributed by atoms with Crippen LogP contribution in [0.15, 0.2) is 35.7 Å². The van der Waals surface area contributed by atoms with Crippen LogP contribution in [0.2, 0.25) is 0 Å². The van der Waals surface area contributed by atoms with Crippen molar-refractivity contribution in [3.63, 3.8) is 0 Å². The number of Topliss-reactive ketones (excluding diaryl/α,β-unsaturated/α-hetero) is 1. The van der Waals surface area contributed by atoms with Gasteiger partial charge in [0.15, 0.2) is 5.65 Å². The average molecular weight is 726 g/mol. The summed E-state index contributed by atoms with van der Waals surface area (Å²) in [7, 11) is 3.89. The molecule has 3 aromatic heterocycles. The lowest BCUT2D eigenvalue weighted by atomic mass is 10.1. The molecule has 0 aliphatic rings. The third-order valence-corrected chi connectivity index (χ3v) is 7.90. The molecule has 0 fully saturated rings. The summed E-state index contributed by atoms with van der Waals surface area (Å²) in [6.45, 7) is 6.32. The van der Waals surface area contributed by atoms with E-state index in [0.717, 1.165) is 58.4 Å². The van der Waals surface area contributed by atoms with E-state index in [1.54, 1.807) is 18.5 Å². The molecular formula is C35H51N9O8. The van der Waals surface area contributed by atoms with Crippen LogP contribution in [-0.4, -0.2) is 136 Å². The second-order valence-electron chi connectivity index (χ2n) is 12.0. The van der Waals surface area contributed by atoms with E-state index >= 15 is 0 Å². The first-order valence-corrected chi connectivity index (χ1v) is 17.7. The van der Waals surface area contributed by atoms with E-state index in [0.29, 0.717) is 105 Å². The number of phenolic OH excluding ortho intramolecular Hbond substituents is 1. The summed E-state index contributed by atoms with van der Waals surface area (Å²) in [5.41, 5.74) is 11.4. The second-order valence-corrected chi connectivity index (χ2v) is 12.0. The number of ketones is 1. The number of phenols is 1. The number of hydrogen-bond acceptors (Lipinski definition) is 13. The standard InChI is InChI=1S/C35H51N9O8/c1-43(2)34-32-33(31-25-27-24-29(46)7-8-30(27)40-31)41-44(35(32)38-26-37-34)11-5-3-4-6-28(45)9-12-47-14-16-49-18-20-51-22-23-52-21-19-50-17-15-48-13-10-39-42-36/h7-8,24-26,40,46H,3-6,9-23H2,1-2H3. The zero-order chi connectivity index (χ0) is 36.8. The number of ether oxygens (including phenoxy) is 6. The van der Waals surface area contributed by atoms with Crippen molar-refractivity contribution in [3.8, 4) is 17.1 Å². The smallest absolute Gasteiger partial charge is 0.164 e. The molecule has 0 atom stereocenters. The molecule has 0 saturated carbocycles. The Labute approximate surface area is 303 Å². The van der Waals surface area contributed by atoms with Gasteiger partial charge >= 0.3 is 0 Å². The van der Waals surface area contributed by atoms with Gasteiger partial charge in [-0.05, 0) is 42.6 Å². The summed E-state index contributed by atoms with van der Waals surface area (Å²) >= 11 is 0. The van der Waals surface area contributed by atoms with E-state index in [4.69, 9.17) is 39.1 Å². The summed E-state index contributed by atoms with van der Waals surface area (Å²) in [5.74, 6) is 1.18. The maximum atomic E-state index is 12.4. The molecule has 0 aliphatic carbocycles. The second kappa shape index (κ2) is 23.3. The first kappa shape index (κ1) is 40.4. The van der Waals surface area contributed by atoms with Gasteiger partial charge in [0.1, 0.15) is 29.4 Å². The van der Waals surface area contributed by atoms with Crippen LogP contribution < -0.4 is 4.90 Å². The highest BCUT2D eigenvalue weighted by atomic mass is 16.6. The maximum Gasteiger partial charge on any atom is 0.164 e. The molecule has 0 aliphatic heterocycles. The largest absolute Gasteiger partial charge is 0.508 e. The van der Waals surface area contributed by atoms with E-state index < -0.39 is 0 Å². The third-order valence-electron chi connectivity index (χ3n) is 7.90. The fourth-order valence-electron chi connectivity index (χ4n) is 5.35. The van der Waals surface area contributed by atoms with Crippen LogP contribution in [0.25, 0.3) is 43.8 Å². The third kappa shape index (κ3) is 13.7. The Morgan fingerprint density at radius 2 is 1.48 bits per heavy atom. The number of carbonyl (C=O) groups excluding carboxylic acids is 1. The molecule has 0 saturated heterocycles. The number of aromatic amines is 1. The minimum Gasteiger partial charge on any atom is -0.508 e. The zero-order valence-electron chi connectivity index (χ0n) is 30.2. The number of carbonyl (C=O) groups is 1. The van der Waals surface area contributed by atoms with E-state index in [2.05, 4.69) is 25.0 Å². The number of benzene rings is 1. The monoisotopic (exact) mass is 725 g/mol. The molecule has 17 nitrogen and oxygen atoms in total. The van der Waals surface area contributed by atoms with Crippen molar-refractivity contribution in [1.82, 2.24) is 24.7 Å². The summed E-state index contributed by atoms with van der Waals surface area (Å²) in [6.07, 6.45) is 5.00. The number of nitrogens with zero attached hydrogens (tertiary/aromatic N) is 8. The summed E-state index contributed by atoms with van der Waals surface area (Å²) in [5, 5.41) is 20.0. The molecule has 0 spiro atoms. The highest BCUT2D eigenvalue weighted by Gasteiger charge is 2.20. The van der Waals surface area contributed by atoms with Gasteiger partial charge in [0.25, 0.3) is 0 Å². The lowest BCUT2D eigenvalue weighted by molar-refractivity contribution is -0.120. The molecule has 2 N–H and O–H groups in total. The number of anilines is 1. The van der Waals surface area contributed by atoms with Gasteiger partial charge in [-0.25, -0.2) is 14.6 Å². The first-order valence-electron chi connectivity index (χ1n) is 17.7. The number of unbranched alkanes of at least 4 members (excludes halogenated alkanes) is 2. The van der Waals surface area contributed by atoms with Crippen molar-refractivity contribution in [3.05, 3.63) is 41.0 Å². The summed E-state index contributed by atoms with van der Waals surface area (Å²) in [4.78, 5) is 29.5. The fraction of sp³-hybridized carbons (Fsp3) is 0.600. The zero-order valence-corrected chi connectivity index (χ0v) is 30.2. The van der Waals surface area contributed by atoms with Crippen molar-refractivity contribution < 1.29 is 38.3 Å². The Bertz CT molecular complexity index is 1690. The quantitative estimate of drug-likeness (QED) is 0.0339. The Hall–Kier alpha value is -4.35. The molecule has 0 radical (unpaired) electrons. The minimum absolute atomic E-state index is 0.191. The highest BCUT2D eigenvalue weighted by molar-refractivity contribution is 6.00. The fourth-order valence-corrected chi connectivity index (χ4v) is 5.35. The Kier molecular flexibility index (Phi) is 18.1. The number of H-pyrrole nitrogens is 1. The summed E-state index contributed by atoms with van der Waals surface area (Å²) < 4.78 is 34.5. The number of hydrogen-bond donors (Lipinski definition) is 2. The van der Waals surface area contributed by atoms with E-state index in [-0.39, 0.29) is 11.5 Å². The van der Waals surface area contributed by atoms with Gasteiger partial charge < -0.3 is 43.4 Å². The van der Waals surface area contributed by atoms with Gasteiger partial charge in [0, 0.05) is 55.8 Å². The van der Waals surface area contributed by atoms with Gasteiger partial charge in [0.2, 0.25) is 0 Å². The highest BCUT2D eigenvalue weighted by Crippen LogP contribution is 2.34. The van der Waals surface area contributed by atoms with Crippen LogP contribution in [0.1, 0.15) is 32.1 Å². The molecule has 17 heteroatoms. The van der Waals surface area contributed by atoms with Gasteiger partial charge in [-0.15, -0.1) is 0 Å². The van der Waals surface area contributed by atoms with Crippen LogP contribution in [0.4, 0.5) is 5.82 Å². The number of azide groups is 1. The van der Waals surface area contributed by atoms with E-state index in [1.165, 1.54) is 0 Å². The molecule has 52 heavy (non-hydrogen) atoms. The van der Waals surface area contributed by atoms with E-state index in [1.807, 2.05) is 35.8 Å². The van der Waals surface area contributed by atoms with Crippen molar-refractivity contribution in [2.24, 2.45) is 5.11 Å². The summed E-state index contributed by atoms with van der Waals surface area (Å²) in [6, 6.07) is 7.20. The first-order chi connectivity index (χ1) is 25.5. The molecule has 0 bridgehead atoms. The number of aromatic nitrogens is 5. The minimum atomic E-state index is 0.191. The van der Waals surface area contributed by atoms with Gasteiger partial charge in [-0.1, -0.05) is 11.5 Å². The average Bonchev–Trinajstić information content (AvgIpc) is 3.73. The van der Waals surface area contributed by atoms with Crippen LogP contribution in [0.3, 0.4) is 0 Å². The number of fused-ring (bicyclic) bond motifs is 2.